The van der Waals surface area contributed by atoms with Gasteiger partial charge >= 0.3 is 0 Å². The Kier molecular flexibility index (Phi) is 5.98. The molecule has 0 aromatic heterocycles. The van der Waals surface area contributed by atoms with E-state index in [1.165, 1.54) is 0 Å². The van der Waals surface area contributed by atoms with E-state index < -0.39 is 0 Å². The Hall–Kier alpha value is -2.28. The SMILES string of the molecule is COc1cc(OC)cc(C(=O)N2CCN(C(=O)C3CCCCN3)CC2)c1. The number of nitrogens with zero attached hydrogens (tertiary/aromatic N) is 2. The Labute approximate surface area is 154 Å². The van der Waals surface area contributed by atoms with Crippen LogP contribution in [0, 0.1) is 0 Å². The first kappa shape index (κ1) is 18.5. The van der Waals surface area contributed by atoms with E-state index in [0.717, 1.165) is 25.8 Å². The Balaban J connectivity index is 1.60. The molecule has 1 aromatic rings. The first-order chi connectivity index (χ1) is 12.6. The average Bonchev–Trinajstić information content (AvgIpc) is 2.73. The van der Waals surface area contributed by atoms with E-state index in [4.69, 9.17) is 9.47 Å². The van der Waals surface area contributed by atoms with E-state index in [-0.39, 0.29) is 17.9 Å². The van der Waals surface area contributed by atoms with Crippen molar-refractivity contribution in [3.05, 3.63) is 23.8 Å². The van der Waals surface area contributed by atoms with Crippen LogP contribution in [0.3, 0.4) is 0 Å². The lowest BCUT2D eigenvalue weighted by Crippen LogP contribution is -2.55. The van der Waals surface area contributed by atoms with Crippen molar-refractivity contribution in [3.63, 3.8) is 0 Å². The van der Waals surface area contributed by atoms with E-state index in [2.05, 4.69) is 5.32 Å². The fraction of sp³-hybridized carbons (Fsp3) is 0.579. The molecule has 0 radical (unpaired) electrons. The number of amides is 2. The van der Waals surface area contributed by atoms with Crippen molar-refractivity contribution in [2.75, 3.05) is 46.9 Å². The van der Waals surface area contributed by atoms with Gasteiger partial charge in [0.2, 0.25) is 5.91 Å². The molecule has 0 bridgehead atoms. The molecular formula is C19H27N3O4. The number of methoxy groups -OCH3 is 2. The van der Waals surface area contributed by atoms with Gasteiger partial charge in [0.15, 0.2) is 0 Å². The summed E-state index contributed by atoms with van der Waals surface area (Å²) in [5, 5.41) is 3.30. The molecule has 2 saturated heterocycles. The van der Waals surface area contributed by atoms with Crippen molar-refractivity contribution in [1.29, 1.82) is 0 Å². The van der Waals surface area contributed by atoms with Crippen LogP contribution in [-0.4, -0.2) is 74.6 Å². The van der Waals surface area contributed by atoms with Crippen LogP contribution in [0.2, 0.25) is 0 Å². The normalized spacial score (nSPS) is 20.6. The van der Waals surface area contributed by atoms with Crippen LogP contribution >= 0.6 is 0 Å². The lowest BCUT2D eigenvalue weighted by atomic mass is 10.0. The summed E-state index contributed by atoms with van der Waals surface area (Å²) in [5.41, 5.74) is 0.537. The number of carbonyl (C=O) groups is 2. The molecule has 2 aliphatic heterocycles. The van der Waals surface area contributed by atoms with Crippen molar-refractivity contribution in [2.45, 2.75) is 25.3 Å². The smallest absolute Gasteiger partial charge is 0.254 e. The molecule has 2 aliphatic rings. The predicted octanol–water partition coefficient (Wildman–Crippen LogP) is 1.13. The van der Waals surface area contributed by atoms with Crippen molar-refractivity contribution < 1.29 is 19.1 Å². The fourth-order valence-corrected chi connectivity index (χ4v) is 3.53. The third-order valence-corrected chi connectivity index (χ3v) is 5.09. The Morgan fingerprint density at radius 2 is 1.58 bits per heavy atom. The largest absolute Gasteiger partial charge is 0.497 e. The molecule has 2 amide bonds. The van der Waals surface area contributed by atoms with Crippen LogP contribution in [0.15, 0.2) is 18.2 Å². The second-order valence-electron chi connectivity index (χ2n) is 6.72. The molecule has 2 fully saturated rings. The van der Waals surface area contributed by atoms with E-state index in [9.17, 15) is 9.59 Å². The van der Waals surface area contributed by atoms with Crippen molar-refractivity contribution in [2.24, 2.45) is 0 Å². The van der Waals surface area contributed by atoms with Crippen LogP contribution in [-0.2, 0) is 4.79 Å². The summed E-state index contributed by atoms with van der Waals surface area (Å²) in [6, 6.07) is 5.11. The van der Waals surface area contributed by atoms with Crippen molar-refractivity contribution in [1.82, 2.24) is 15.1 Å². The van der Waals surface area contributed by atoms with Gasteiger partial charge in [0.1, 0.15) is 11.5 Å². The number of nitrogens with one attached hydrogen (secondary N) is 1. The van der Waals surface area contributed by atoms with Gasteiger partial charge in [-0.3, -0.25) is 9.59 Å². The third-order valence-electron chi connectivity index (χ3n) is 5.09. The minimum atomic E-state index is -0.0647. The molecule has 3 rings (SSSR count). The number of ether oxygens (including phenoxy) is 2. The first-order valence-electron chi connectivity index (χ1n) is 9.17. The lowest BCUT2D eigenvalue weighted by Gasteiger charge is -2.37. The highest BCUT2D eigenvalue weighted by molar-refractivity contribution is 5.95. The molecule has 1 atom stereocenters. The molecule has 26 heavy (non-hydrogen) atoms. The Bertz CT molecular complexity index is 628. The van der Waals surface area contributed by atoms with Gasteiger partial charge in [-0.25, -0.2) is 0 Å². The monoisotopic (exact) mass is 361 g/mol. The molecule has 0 aliphatic carbocycles. The molecule has 7 heteroatoms. The molecule has 1 aromatic carbocycles. The molecule has 2 heterocycles. The van der Waals surface area contributed by atoms with Crippen LogP contribution in [0.25, 0.3) is 0 Å². The number of hydrogen-bond acceptors (Lipinski definition) is 5. The zero-order chi connectivity index (χ0) is 18.5. The topological polar surface area (TPSA) is 71.1 Å². The van der Waals surface area contributed by atoms with E-state index in [0.29, 0.717) is 43.2 Å². The summed E-state index contributed by atoms with van der Waals surface area (Å²) in [6.45, 7) is 3.13. The van der Waals surface area contributed by atoms with E-state index >= 15 is 0 Å². The number of hydrogen-bond donors (Lipinski definition) is 1. The van der Waals surface area contributed by atoms with Gasteiger partial charge in [0, 0.05) is 37.8 Å². The number of piperazine rings is 1. The molecule has 142 valence electrons. The number of benzene rings is 1. The van der Waals surface area contributed by atoms with Crippen LogP contribution in [0.4, 0.5) is 0 Å². The second-order valence-corrected chi connectivity index (χ2v) is 6.72. The zero-order valence-electron chi connectivity index (χ0n) is 15.5. The highest BCUT2D eigenvalue weighted by Gasteiger charge is 2.30. The maximum atomic E-state index is 12.8. The molecule has 1 unspecified atom stereocenters. The van der Waals surface area contributed by atoms with Gasteiger partial charge in [-0.2, -0.15) is 0 Å². The van der Waals surface area contributed by atoms with Gasteiger partial charge in [-0.15, -0.1) is 0 Å². The summed E-state index contributed by atoms with van der Waals surface area (Å²) in [6.07, 6.45) is 3.14. The Morgan fingerprint density at radius 3 is 2.12 bits per heavy atom. The van der Waals surface area contributed by atoms with Crippen molar-refractivity contribution in [3.8, 4) is 11.5 Å². The molecule has 0 spiro atoms. The second kappa shape index (κ2) is 8.40. The summed E-state index contributed by atoms with van der Waals surface area (Å²) in [4.78, 5) is 29.1. The fourth-order valence-electron chi connectivity index (χ4n) is 3.53. The van der Waals surface area contributed by atoms with Gasteiger partial charge in [0.25, 0.3) is 5.91 Å². The average molecular weight is 361 g/mol. The van der Waals surface area contributed by atoms with Gasteiger partial charge < -0.3 is 24.6 Å². The maximum absolute atomic E-state index is 12.8. The minimum absolute atomic E-state index is 0.0614. The molecule has 0 saturated carbocycles. The van der Waals surface area contributed by atoms with Crippen LogP contribution in [0.5, 0.6) is 11.5 Å². The lowest BCUT2D eigenvalue weighted by molar-refractivity contribution is -0.135. The predicted molar refractivity (Wildman–Crippen MR) is 97.7 cm³/mol. The van der Waals surface area contributed by atoms with Crippen molar-refractivity contribution >= 4 is 11.8 Å². The zero-order valence-corrected chi connectivity index (χ0v) is 15.5. The van der Waals surface area contributed by atoms with Crippen LogP contribution < -0.4 is 14.8 Å². The highest BCUT2D eigenvalue weighted by Crippen LogP contribution is 2.24. The quantitative estimate of drug-likeness (QED) is 0.871. The number of piperidine rings is 1. The molecule has 1 N–H and O–H groups in total. The highest BCUT2D eigenvalue weighted by atomic mass is 16.5. The molecular weight excluding hydrogens is 334 g/mol. The standard InChI is InChI=1S/C19H27N3O4/c1-25-15-11-14(12-16(13-15)26-2)18(23)21-7-9-22(10-8-21)19(24)17-5-3-4-6-20-17/h11-13,17,20H,3-10H2,1-2H3. The summed E-state index contributed by atoms with van der Waals surface area (Å²) < 4.78 is 10.5. The minimum Gasteiger partial charge on any atom is -0.497 e. The van der Waals surface area contributed by atoms with E-state index in [1.807, 2.05) is 4.90 Å². The number of carbonyl (C=O) groups excluding carboxylic acids is 2. The summed E-state index contributed by atoms with van der Waals surface area (Å²) >= 11 is 0. The molecule has 7 nitrogen and oxygen atoms in total. The van der Waals surface area contributed by atoms with E-state index in [1.54, 1.807) is 37.3 Å². The van der Waals surface area contributed by atoms with Crippen LogP contribution in [0.1, 0.15) is 29.6 Å². The summed E-state index contributed by atoms with van der Waals surface area (Å²) in [7, 11) is 3.12. The third kappa shape index (κ3) is 4.09. The first-order valence-corrected chi connectivity index (χ1v) is 9.17. The summed E-state index contributed by atoms with van der Waals surface area (Å²) in [5.74, 6) is 1.28. The maximum Gasteiger partial charge on any atom is 0.254 e. The van der Waals surface area contributed by atoms with Gasteiger partial charge in [-0.1, -0.05) is 6.42 Å². The van der Waals surface area contributed by atoms with Gasteiger partial charge in [0.05, 0.1) is 20.3 Å². The number of rotatable bonds is 4. The van der Waals surface area contributed by atoms with Gasteiger partial charge in [-0.05, 0) is 31.5 Å². The Morgan fingerprint density at radius 1 is 0.962 bits per heavy atom.